The van der Waals surface area contributed by atoms with Crippen LogP contribution < -0.4 is 10.2 Å². The smallest absolute Gasteiger partial charge is 0.337 e. The lowest BCUT2D eigenvalue weighted by Crippen LogP contribution is -2.54. The molecule has 0 aliphatic carbocycles. The van der Waals surface area contributed by atoms with E-state index in [2.05, 4.69) is 29.0 Å². The lowest BCUT2D eigenvalue weighted by atomic mass is 10.1. The van der Waals surface area contributed by atoms with Gasteiger partial charge in [-0.2, -0.15) is 0 Å². The third-order valence-corrected chi connectivity index (χ3v) is 2.89. The number of carboxylic acid groups (broad SMARTS) is 1. The van der Waals surface area contributed by atoms with Crippen LogP contribution in [-0.2, 0) is 0 Å². The van der Waals surface area contributed by atoms with Gasteiger partial charge in [0.05, 0.1) is 17.4 Å². The Kier molecular flexibility index (Phi) is 3.28. The van der Waals surface area contributed by atoms with E-state index in [1.807, 2.05) is 0 Å². The molecule has 1 saturated heterocycles. The number of carboxylic acids is 1. The summed E-state index contributed by atoms with van der Waals surface area (Å²) in [7, 11) is 0. The van der Waals surface area contributed by atoms with Gasteiger partial charge in [-0.15, -0.1) is 0 Å². The molecule has 2 atom stereocenters. The zero-order valence-electron chi connectivity index (χ0n) is 10.1. The van der Waals surface area contributed by atoms with Crippen molar-refractivity contribution in [3.63, 3.8) is 0 Å². The largest absolute Gasteiger partial charge is 0.478 e. The number of aromatic carboxylic acids is 1. The van der Waals surface area contributed by atoms with Crippen LogP contribution >= 0.6 is 0 Å². The first kappa shape index (κ1) is 11.9. The van der Waals surface area contributed by atoms with Gasteiger partial charge in [0.1, 0.15) is 0 Å². The van der Waals surface area contributed by atoms with Gasteiger partial charge in [0.2, 0.25) is 0 Å². The van der Waals surface area contributed by atoms with Crippen LogP contribution in [0.15, 0.2) is 18.5 Å². The molecule has 5 heteroatoms. The Balaban J connectivity index is 2.21. The number of hydrogen-bond donors (Lipinski definition) is 2. The fraction of sp³-hybridized carbons (Fsp3) is 0.500. The van der Waals surface area contributed by atoms with Crippen molar-refractivity contribution in [3.8, 4) is 0 Å². The second kappa shape index (κ2) is 4.71. The number of pyridine rings is 1. The van der Waals surface area contributed by atoms with Gasteiger partial charge in [-0.3, -0.25) is 4.98 Å². The molecule has 0 radical (unpaired) electrons. The highest BCUT2D eigenvalue weighted by Crippen LogP contribution is 2.17. The van der Waals surface area contributed by atoms with Crippen molar-refractivity contribution in [1.29, 1.82) is 0 Å². The Morgan fingerprint density at radius 1 is 1.41 bits per heavy atom. The molecule has 1 fully saturated rings. The minimum absolute atomic E-state index is 0.237. The standard InChI is InChI=1S/C12H17N3O2/c1-8-6-15(7-9(2)14-8)11-3-10(12(16)17)4-13-5-11/h3-5,8-9,14H,6-7H2,1-2H3,(H,16,17). The summed E-state index contributed by atoms with van der Waals surface area (Å²) < 4.78 is 0. The lowest BCUT2D eigenvalue weighted by molar-refractivity contribution is 0.0696. The third kappa shape index (κ3) is 2.74. The molecule has 2 N–H and O–H groups in total. The normalized spacial score (nSPS) is 24.7. The first-order valence-electron chi connectivity index (χ1n) is 5.75. The Bertz CT molecular complexity index is 412. The minimum atomic E-state index is -0.935. The molecule has 1 aromatic rings. The van der Waals surface area contributed by atoms with Crippen LogP contribution in [0.5, 0.6) is 0 Å². The van der Waals surface area contributed by atoms with Crippen molar-refractivity contribution in [2.45, 2.75) is 25.9 Å². The highest BCUT2D eigenvalue weighted by molar-refractivity contribution is 5.88. The minimum Gasteiger partial charge on any atom is -0.478 e. The molecule has 2 heterocycles. The van der Waals surface area contributed by atoms with Crippen molar-refractivity contribution in [2.24, 2.45) is 0 Å². The van der Waals surface area contributed by atoms with Crippen LogP contribution in [0.3, 0.4) is 0 Å². The van der Waals surface area contributed by atoms with Crippen molar-refractivity contribution in [2.75, 3.05) is 18.0 Å². The van der Waals surface area contributed by atoms with E-state index < -0.39 is 5.97 Å². The lowest BCUT2D eigenvalue weighted by Gasteiger charge is -2.37. The predicted octanol–water partition coefficient (Wildman–Crippen LogP) is 0.966. The quantitative estimate of drug-likeness (QED) is 0.799. The molecule has 17 heavy (non-hydrogen) atoms. The molecule has 0 saturated carbocycles. The Morgan fingerprint density at radius 2 is 2.06 bits per heavy atom. The van der Waals surface area contributed by atoms with E-state index in [0.717, 1.165) is 18.8 Å². The summed E-state index contributed by atoms with van der Waals surface area (Å²) in [4.78, 5) is 17.1. The molecule has 2 unspecified atom stereocenters. The van der Waals surface area contributed by atoms with Gasteiger partial charge < -0.3 is 15.3 Å². The van der Waals surface area contributed by atoms with E-state index in [0.29, 0.717) is 12.1 Å². The predicted molar refractivity (Wildman–Crippen MR) is 65.5 cm³/mol. The van der Waals surface area contributed by atoms with Crippen LogP contribution in [0, 0.1) is 0 Å². The molecule has 1 aliphatic heterocycles. The Hall–Kier alpha value is -1.62. The summed E-state index contributed by atoms with van der Waals surface area (Å²) in [5.74, 6) is -0.935. The molecule has 5 nitrogen and oxygen atoms in total. The number of nitrogens with one attached hydrogen (secondary N) is 1. The second-order valence-corrected chi connectivity index (χ2v) is 4.61. The van der Waals surface area contributed by atoms with Crippen molar-refractivity contribution >= 4 is 11.7 Å². The van der Waals surface area contributed by atoms with Crippen molar-refractivity contribution in [3.05, 3.63) is 24.0 Å². The van der Waals surface area contributed by atoms with Crippen molar-refractivity contribution < 1.29 is 9.90 Å². The van der Waals surface area contributed by atoms with Gasteiger partial charge >= 0.3 is 5.97 Å². The molecule has 92 valence electrons. The summed E-state index contributed by atoms with van der Waals surface area (Å²) in [6.07, 6.45) is 3.10. The van der Waals surface area contributed by atoms with Crippen LogP contribution in [0.25, 0.3) is 0 Å². The van der Waals surface area contributed by atoms with E-state index in [-0.39, 0.29) is 5.56 Å². The highest BCUT2D eigenvalue weighted by atomic mass is 16.4. The van der Waals surface area contributed by atoms with Crippen LogP contribution in [0.1, 0.15) is 24.2 Å². The molecule has 2 rings (SSSR count). The Morgan fingerprint density at radius 3 is 2.65 bits per heavy atom. The SMILES string of the molecule is CC1CN(c2cncc(C(=O)O)c2)CC(C)N1. The molecule has 1 aromatic heterocycles. The maximum Gasteiger partial charge on any atom is 0.337 e. The number of hydrogen-bond acceptors (Lipinski definition) is 4. The number of aromatic nitrogens is 1. The number of piperazine rings is 1. The van der Waals surface area contributed by atoms with Gasteiger partial charge in [0, 0.05) is 31.4 Å². The molecule has 0 aromatic carbocycles. The van der Waals surface area contributed by atoms with Gasteiger partial charge in [0.25, 0.3) is 0 Å². The first-order chi connectivity index (χ1) is 8.06. The number of carbonyl (C=O) groups is 1. The summed E-state index contributed by atoms with van der Waals surface area (Å²) in [5, 5.41) is 12.4. The highest BCUT2D eigenvalue weighted by Gasteiger charge is 2.21. The van der Waals surface area contributed by atoms with Gasteiger partial charge in [-0.05, 0) is 19.9 Å². The average molecular weight is 235 g/mol. The van der Waals surface area contributed by atoms with Gasteiger partial charge in [-0.25, -0.2) is 4.79 Å². The summed E-state index contributed by atoms with van der Waals surface area (Å²) in [6.45, 7) is 5.98. The van der Waals surface area contributed by atoms with Gasteiger partial charge in [0.15, 0.2) is 0 Å². The third-order valence-electron chi connectivity index (χ3n) is 2.89. The number of rotatable bonds is 2. The van der Waals surface area contributed by atoms with Crippen LogP contribution in [-0.4, -0.2) is 41.2 Å². The molecular formula is C12H17N3O2. The average Bonchev–Trinajstić information content (AvgIpc) is 2.28. The summed E-state index contributed by atoms with van der Waals surface area (Å²) in [5.41, 5.74) is 1.12. The second-order valence-electron chi connectivity index (χ2n) is 4.61. The molecular weight excluding hydrogens is 218 g/mol. The van der Waals surface area contributed by atoms with E-state index in [1.54, 1.807) is 12.3 Å². The van der Waals surface area contributed by atoms with Crippen LogP contribution in [0.2, 0.25) is 0 Å². The van der Waals surface area contributed by atoms with Crippen molar-refractivity contribution in [1.82, 2.24) is 10.3 Å². The number of anilines is 1. The summed E-state index contributed by atoms with van der Waals surface area (Å²) >= 11 is 0. The van der Waals surface area contributed by atoms with E-state index in [9.17, 15) is 4.79 Å². The fourth-order valence-corrected chi connectivity index (χ4v) is 2.26. The van der Waals surface area contributed by atoms with Crippen LogP contribution in [0.4, 0.5) is 5.69 Å². The van der Waals surface area contributed by atoms with E-state index in [1.165, 1.54) is 6.20 Å². The maximum absolute atomic E-state index is 10.9. The van der Waals surface area contributed by atoms with E-state index in [4.69, 9.17) is 5.11 Å². The maximum atomic E-state index is 10.9. The Labute approximate surface area is 100 Å². The first-order valence-corrected chi connectivity index (χ1v) is 5.75. The zero-order chi connectivity index (χ0) is 12.4. The molecule has 0 bridgehead atoms. The summed E-state index contributed by atoms with van der Waals surface area (Å²) in [6, 6.07) is 2.47. The van der Waals surface area contributed by atoms with E-state index >= 15 is 0 Å². The molecule has 0 amide bonds. The van der Waals surface area contributed by atoms with Gasteiger partial charge in [-0.1, -0.05) is 0 Å². The zero-order valence-corrected chi connectivity index (χ0v) is 10.1. The monoisotopic (exact) mass is 235 g/mol. The topological polar surface area (TPSA) is 65.5 Å². The molecule has 1 aliphatic rings. The molecule has 0 spiro atoms. The number of nitrogens with zero attached hydrogens (tertiary/aromatic N) is 2. The fourth-order valence-electron chi connectivity index (χ4n) is 2.26.